The normalized spacial score (nSPS) is 23.3. The number of rotatable bonds is 5. The van der Waals surface area contributed by atoms with Gasteiger partial charge >= 0.3 is 0 Å². The first kappa shape index (κ1) is 18.9. The third-order valence-electron chi connectivity index (χ3n) is 3.74. The first-order valence-corrected chi connectivity index (χ1v) is 10.9. The molecule has 2 rings (SSSR count). The molecule has 24 heavy (non-hydrogen) atoms. The molecule has 1 aliphatic rings. The Labute approximate surface area is 142 Å². The van der Waals surface area contributed by atoms with Gasteiger partial charge in [-0.3, -0.25) is 4.79 Å². The number of amides is 1. The average Bonchev–Trinajstić information content (AvgIpc) is 2.71. The molecule has 0 unspecified atom stereocenters. The van der Waals surface area contributed by atoms with Gasteiger partial charge in [0.15, 0.2) is 9.84 Å². The van der Waals surface area contributed by atoms with Gasteiger partial charge in [0.25, 0.3) is 5.91 Å². The molecule has 0 bridgehead atoms. The lowest BCUT2D eigenvalue weighted by Crippen LogP contribution is -2.46. The zero-order valence-electron chi connectivity index (χ0n) is 13.9. The van der Waals surface area contributed by atoms with E-state index in [-0.39, 0.29) is 28.0 Å². The summed E-state index contributed by atoms with van der Waals surface area (Å²) in [5, 5.41) is 2.73. The number of carbonyl (C=O) groups is 1. The van der Waals surface area contributed by atoms with Gasteiger partial charge in [-0.15, -0.1) is 0 Å². The molecule has 1 aliphatic heterocycles. The Morgan fingerprint density at radius 1 is 1.21 bits per heavy atom. The highest BCUT2D eigenvalue weighted by Gasteiger charge is 2.39. The quantitative estimate of drug-likeness (QED) is 0.788. The van der Waals surface area contributed by atoms with Crippen molar-refractivity contribution in [3.8, 4) is 0 Å². The summed E-state index contributed by atoms with van der Waals surface area (Å²) >= 11 is 0. The molecule has 1 aromatic rings. The van der Waals surface area contributed by atoms with E-state index >= 15 is 0 Å². The average molecular weight is 374 g/mol. The van der Waals surface area contributed by atoms with Gasteiger partial charge in [-0.1, -0.05) is 0 Å². The van der Waals surface area contributed by atoms with Gasteiger partial charge in [-0.25, -0.2) is 21.6 Å². The van der Waals surface area contributed by atoms with E-state index in [1.807, 2.05) is 0 Å². The number of sulfone groups is 1. The Morgan fingerprint density at radius 3 is 2.25 bits per heavy atom. The van der Waals surface area contributed by atoms with Crippen molar-refractivity contribution in [1.29, 1.82) is 0 Å². The fourth-order valence-corrected chi connectivity index (χ4v) is 5.96. The van der Waals surface area contributed by atoms with Crippen LogP contribution in [0.25, 0.3) is 0 Å². The van der Waals surface area contributed by atoms with Crippen molar-refractivity contribution in [2.75, 3.05) is 11.5 Å². The highest BCUT2D eigenvalue weighted by atomic mass is 32.2. The molecule has 134 valence electrons. The largest absolute Gasteiger partial charge is 0.346 e. The minimum absolute atomic E-state index is 0.0574. The summed E-state index contributed by atoms with van der Waals surface area (Å²) in [6.07, 6.45) is 0.367. The van der Waals surface area contributed by atoms with Gasteiger partial charge in [0.05, 0.1) is 21.9 Å². The molecule has 1 heterocycles. The van der Waals surface area contributed by atoms with E-state index in [0.717, 1.165) is 0 Å². The lowest BCUT2D eigenvalue weighted by Gasteiger charge is -2.23. The minimum Gasteiger partial charge on any atom is -0.346 e. The summed E-state index contributed by atoms with van der Waals surface area (Å²) in [7, 11) is -6.73. The molecular weight excluding hydrogens is 352 g/mol. The molecule has 7 nitrogen and oxygen atoms in total. The van der Waals surface area contributed by atoms with Gasteiger partial charge in [0, 0.05) is 11.6 Å². The summed E-state index contributed by atoms with van der Waals surface area (Å²) in [6, 6.07) is 5.30. The Bertz CT molecular complexity index is 829. The van der Waals surface area contributed by atoms with E-state index in [1.54, 1.807) is 20.8 Å². The van der Waals surface area contributed by atoms with Crippen LogP contribution in [0.1, 0.15) is 37.6 Å². The van der Waals surface area contributed by atoms with E-state index in [0.29, 0.717) is 6.42 Å². The van der Waals surface area contributed by atoms with Crippen molar-refractivity contribution in [1.82, 2.24) is 10.0 Å². The van der Waals surface area contributed by atoms with Crippen molar-refractivity contribution in [2.24, 2.45) is 0 Å². The fourth-order valence-electron chi connectivity index (χ4n) is 2.62. The predicted molar refractivity (Wildman–Crippen MR) is 91.0 cm³/mol. The van der Waals surface area contributed by atoms with Crippen LogP contribution in [0, 0.1) is 0 Å². The lowest BCUT2D eigenvalue weighted by molar-refractivity contribution is 0.0915. The second-order valence-corrected chi connectivity index (χ2v) is 10.6. The van der Waals surface area contributed by atoms with Crippen LogP contribution in [0.4, 0.5) is 0 Å². The van der Waals surface area contributed by atoms with Crippen molar-refractivity contribution in [3.63, 3.8) is 0 Å². The number of nitrogens with one attached hydrogen (secondary N) is 2. The summed E-state index contributed by atoms with van der Waals surface area (Å²) in [5.74, 6) is -0.450. The second-order valence-electron chi connectivity index (χ2n) is 6.66. The zero-order valence-corrected chi connectivity index (χ0v) is 15.5. The van der Waals surface area contributed by atoms with Gasteiger partial charge in [-0.05, 0) is 51.5 Å². The number of hydrogen-bond acceptors (Lipinski definition) is 5. The molecule has 1 fully saturated rings. The van der Waals surface area contributed by atoms with Crippen molar-refractivity contribution >= 4 is 25.8 Å². The number of sulfonamides is 1. The standard InChI is InChI=1S/C15H22N2O5S2/c1-11(2)17-24(21,22)13-6-4-12(5-7-13)14(18)16-15(3)8-9-23(19,20)10-15/h4-7,11,17H,8-10H2,1-3H3,(H,16,18)/t15-/m0/s1. The minimum atomic E-state index is -3.61. The molecule has 2 N–H and O–H groups in total. The molecule has 1 amide bonds. The molecule has 1 atom stereocenters. The lowest BCUT2D eigenvalue weighted by atomic mass is 10.0. The van der Waals surface area contributed by atoms with Crippen molar-refractivity contribution < 1.29 is 21.6 Å². The summed E-state index contributed by atoms with van der Waals surface area (Å²) in [4.78, 5) is 12.4. The first-order chi connectivity index (χ1) is 10.9. The zero-order chi connectivity index (χ0) is 18.2. The molecule has 1 saturated heterocycles. The SMILES string of the molecule is CC(C)NS(=O)(=O)c1ccc(C(=O)N[C@@]2(C)CCS(=O)(=O)C2)cc1. The maximum Gasteiger partial charge on any atom is 0.251 e. The molecular formula is C15H22N2O5S2. The van der Waals surface area contributed by atoms with Crippen LogP contribution >= 0.6 is 0 Å². The van der Waals surface area contributed by atoms with Crippen LogP contribution in [-0.4, -0.2) is 45.8 Å². The third-order valence-corrected chi connectivity index (χ3v) is 7.31. The summed E-state index contributed by atoms with van der Waals surface area (Å²) in [6.45, 7) is 5.13. The molecule has 9 heteroatoms. The molecule has 0 saturated carbocycles. The van der Waals surface area contributed by atoms with E-state index < -0.39 is 31.3 Å². The summed E-state index contributed by atoms with van der Waals surface area (Å²) in [5.41, 5.74) is -0.510. The van der Waals surface area contributed by atoms with E-state index in [4.69, 9.17) is 0 Å². The topological polar surface area (TPSA) is 109 Å². The number of hydrogen-bond donors (Lipinski definition) is 2. The van der Waals surface area contributed by atoms with E-state index in [1.165, 1.54) is 24.3 Å². The Morgan fingerprint density at radius 2 is 1.79 bits per heavy atom. The van der Waals surface area contributed by atoms with Gasteiger partial charge in [0.1, 0.15) is 0 Å². The monoisotopic (exact) mass is 374 g/mol. The van der Waals surface area contributed by atoms with Gasteiger partial charge in [-0.2, -0.15) is 0 Å². The molecule has 0 radical (unpaired) electrons. The highest BCUT2D eigenvalue weighted by molar-refractivity contribution is 7.91. The Hall–Kier alpha value is -1.45. The van der Waals surface area contributed by atoms with Crippen LogP contribution < -0.4 is 10.0 Å². The predicted octanol–water partition coefficient (Wildman–Crippen LogP) is 0.680. The van der Waals surface area contributed by atoms with Crippen LogP contribution in [-0.2, 0) is 19.9 Å². The molecule has 0 spiro atoms. The third kappa shape index (κ3) is 4.55. The van der Waals surface area contributed by atoms with Crippen LogP contribution in [0.15, 0.2) is 29.2 Å². The smallest absolute Gasteiger partial charge is 0.251 e. The first-order valence-electron chi connectivity index (χ1n) is 7.58. The van der Waals surface area contributed by atoms with Crippen LogP contribution in [0.3, 0.4) is 0 Å². The van der Waals surface area contributed by atoms with Gasteiger partial charge in [0.2, 0.25) is 10.0 Å². The van der Waals surface area contributed by atoms with Gasteiger partial charge < -0.3 is 5.32 Å². The Kier molecular flexibility index (Phi) is 5.08. The maximum absolute atomic E-state index is 12.3. The Balaban J connectivity index is 2.12. The molecule has 0 aliphatic carbocycles. The van der Waals surface area contributed by atoms with Crippen LogP contribution in [0.5, 0.6) is 0 Å². The van der Waals surface area contributed by atoms with Crippen LogP contribution in [0.2, 0.25) is 0 Å². The highest BCUT2D eigenvalue weighted by Crippen LogP contribution is 2.23. The maximum atomic E-state index is 12.3. The number of carbonyl (C=O) groups excluding carboxylic acids is 1. The second kappa shape index (κ2) is 6.45. The fraction of sp³-hybridized carbons (Fsp3) is 0.533. The summed E-state index contributed by atoms with van der Waals surface area (Å²) < 4.78 is 49.7. The van der Waals surface area contributed by atoms with Crippen molar-refractivity contribution in [3.05, 3.63) is 29.8 Å². The van der Waals surface area contributed by atoms with E-state index in [2.05, 4.69) is 10.0 Å². The van der Waals surface area contributed by atoms with Crippen molar-refractivity contribution in [2.45, 2.75) is 43.7 Å². The molecule has 0 aromatic heterocycles. The molecule has 1 aromatic carbocycles. The van der Waals surface area contributed by atoms with E-state index in [9.17, 15) is 21.6 Å². The number of benzene rings is 1.